The number of ether oxygens (including phenoxy) is 1. The quantitative estimate of drug-likeness (QED) is 0.605. The van der Waals surface area contributed by atoms with Crippen LogP contribution in [-0.4, -0.2) is 42.9 Å². The lowest BCUT2D eigenvalue weighted by Crippen LogP contribution is -2.40. The van der Waals surface area contributed by atoms with Crippen LogP contribution in [0.3, 0.4) is 0 Å². The van der Waals surface area contributed by atoms with Crippen molar-refractivity contribution in [1.82, 2.24) is 8.87 Å². The largest absolute Gasteiger partial charge is 0.497 e. The van der Waals surface area contributed by atoms with E-state index in [0.717, 1.165) is 10.2 Å². The van der Waals surface area contributed by atoms with Crippen LogP contribution in [-0.2, 0) is 21.4 Å². The fraction of sp³-hybridized carbons (Fsp3) is 0.333. The van der Waals surface area contributed by atoms with Crippen LogP contribution in [0, 0.1) is 0 Å². The second-order valence-corrected chi connectivity index (χ2v) is 9.90. The van der Waals surface area contributed by atoms with Crippen LogP contribution >= 0.6 is 11.3 Å². The summed E-state index contributed by atoms with van der Waals surface area (Å²) in [4.78, 5) is 18.1. The zero-order valence-corrected chi connectivity index (χ0v) is 18.4. The Bertz CT molecular complexity index is 1240. The summed E-state index contributed by atoms with van der Waals surface area (Å²) < 4.78 is 35.7. The summed E-state index contributed by atoms with van der Waals surface area (Å²) in [7, 11) is -2.27. The maximum atomic E-state index is 13.2. The second-order valence-electron chi connectivity index (χ2n) is 7.00. The average molecular weight is 446 g/mol. The minimum Gasteiger partial charge on any atom is -0.497 e. The van der Waals surface area contributed by atoms with Crippen molar-refractivity contribution in [2.24, 2.45) is 4.99 Å². The van der Waals surface area contributed by atoms with Gasteiger partial charge in [-0.05, 0) is 56.2 Å². The average Bonchev–Trinajstić information content (AvgIpc) is 3.38. The first-order valence-electron chi connectivity index (χ1n) is 9.78. The number of rotatable bonds is 5. The number of benzene rings is 2. The Balaban J connectivity index is 1.68. The van der Waals surface area contributed by atoms with Gasteiger partial charge in [0.1, 0.15) is 11.8 Å². The number of carbonyl (C=O) groups is 1. The molecule has 1 aliphatic rings. The molecule has 0 bridgehead atoms. The van der Waals surface area contributed by atoms with E-state index in [2.05, 4.69) is 4.99 Å². The summed E-state index contributed by atoms with van der Waals surface area (Å²) >= 11 is 1.44. The lowest BCUT2D eigenvalue weighted by molar-refractivity contribution is -0.121. The Labute approximate surface area is 179 Å². The van der Waals surface area contributed by atoms with E-state index in [4.69, 9.17) is 4.74 Å². The molecule has 0 aliphatic carbocycles. The maximum Gasteiger partial charge on any atom is 0.266 e. The number of para-hydroxylation sites is 1. The van der Waals surface area contributed by atoms with E-state index in [1.54, 1.807) is 12.1 Å². The molecule has 1 unspecified atom stereocenters. The molecule has 4 rings (SSSR count). The Morgan fingerprint density at radius 2 is 1.93 bits per heavy atom. The summed E-state index contributed by atoms with van der Waals surface area (Å²) in [5.41, 5.74) is 1.02. The number of methoxy groups -OCH3 is 1. The molecule has 0 saturated carbocycles. The summed E-state index contributed by atoms with van der Waals surface area (Å²) in [6.45, 7) is 2.98. The van der Waals surface area contributed by atoms with Crippen LogP contribution in [0.25, 0.3) is 10.2 Å². The number of fused-ring (bicyclic) bond motifs is 1. The predicted molar refractivity (Wildman–Crippen MR) is 116 cm³/mol. The van der Waals surface area contributed by atoms with Crippen molar-refractivity contribution >= 4 is 37.5 Å². The zero-order chi connectivity index (χ0) is 21.3. The molecule has 7 nitrogen and oxygen atoms in total. The monoisotopic (exact) mass is 445 g/mol. The first-order valence-corrected chi connectivity index (χ1v) is 12.0. The predicted octanol–water partition coefficient (Wildman–Crippen LogP) is 3.01. The molecular formula is C21H23N3O4S2. The van der Waals surface area contributed by atoms with Crippen molar-refractivity contribution in [1.29, 1.82) is 0 Å². The molecule has 1 atom stereocenters. The molecular weight excluding hydrogens is 422 g/mol. The maximum absolute atomic E-state index is 13.2. The molecule has 0 spiro atoms. The van der Waals surface area contributed by atoms with Crippen LogP contribution in [0.15, 0.2) is 58.4 Å². The van der Waals surface area contributed by atoms with Gasteiger partial charge in [-0.25, -0.2) is 8.42 Å². The van der Waals surface area contributed by atoms with Gasteiger partial charge < -0.3 is 9.30 Å². The van der Waals surface area contributed by atoms with Crippen molar-refractivity contribution < 1.29 is 17.9 Å². The Kier molecular flexibility index (Phi) is 5.77. The van der Waals surface area contributed by atoms with Crippen molar-refractivity contribution in [2.75, 3.05) is 13.7 Å². The third kappa shape index (κ3) is 3.68. The SMILES string of the molecule is CCn1c(=NC(=O)C2CCCN2S(=O)(=O)c2ccc(OC)cc2)sc2ccccc21. The highest BCUT2D eigenvalue weighted by Gasteiger charge is 2.39. The van der Waals surface area contributed by atoms with E-state index >= 15 is 0 Å². The molecule has 0 N–H and O–H groups in total. The van der Waals surface area contributed by atoms with Crippen molar-refractivity contribution in [3.8, 4) is 5.75 Å². The molecule has 2 aromatic carbocycles. The van der Waals surface area contributed by atoms with E-state index in [1.165, 1.54) is 34.9 Å². The number of nitrogens with zero attached hydrogens (tertiary/aromatic N) is 3. The van der Waals surface area contributed by atoms with Gasteiger partial charge in [0.25, 0.3) is 5.91 Å². The van der Waals surface area contributed by atoms with Crippen LogP contribution < -0.4 is 9.54 Å². The smallest absolute Gasteiger partial charge is 0.266 e. The minimum absolute atomic E-state index is 0.147. The summed E-state index contributed by atoms with van der Waals surface area (Å²) in [5.74, 6) is 0.158. The lowest BCUT2D eigenvalue weighted by Gasteiger charge is -2.21. The molecule has 1 amide bonds. The number of sulfonamides is 1. The standard InChI is InChI=1S/C21H23N3O4S2/c1-3-23-17-7-4-5-9-19(17)29-21(23)22-20(25)18-8-6-14-24(18)30(26,27)16-12-10-15(28-2)11-13-16/h4-5,7,9-13,18H,3,6,8,14H2,1-2H3. The van der Waals surface area contributed by atoms with Gasteiger partial charge in [-0.15, -0.1) is 0 Å². The fourth-order valence-corrected chi connectivity index (χ4v) is 6.49. The van der Waals surface area contributed by atoms with Gasteiger partial charge >= 0.3 is 0 Å². The van der Waals surface area contributed by atoms with E-state index < -0.39 is 22.0 Å². The van der Waals surface area contributed by atoms with Gasteiger partial charge in [-0.1, -0.05) is 23.5 Å². The van der Waals surface area contributed by atoms with Gasteiger partial charge in [0, 0.05) is 13.1 Å². The first kappa shape index (κ1) is 20.8. The molecule has 3 aromatic rings. The second kappa shape index (κ2) is 8.33. The van der Waals surface area contributed by atoms with Crippen LogP contribution in [0.2, 0.25) is 0 Å². The third-order valence-electron chi connectivity index (χ3n) is 5.27. The molecule has 2 heterocycles. The topological polar surface area (TPSA) is 81.0 Å². The summed E-state index contributed by atoms with van der Waals surface area (Å²) in [6, 6.07) is 13.3. The molecule has 30 heavy (non-hydrogen) atoms. The van der Waals surface area contributed by atoms with E-state index in [1.807, 2.05) is 35.8 Å². The number of thiazole rings is 1. The number of aryl methyl sites for hydroxylation is 1. The Morgan fingerprint density at radius 1 is 1.20 bits per heavy atom. The van der Waals surface area contributed by atoms with Crippen molar-refractivity contribution in [3.63, 3.8) is 0 Å². The summed E-state index contributed by atoms with van der Waals surface area (Å²) in [5, 5.41) is 0. The summed E-state index contributed by atoms with van der Waals surface area (Å²) in [6.07, 6.45) is 1.09. The normalized spacial score (nSPS) is 18.2. The van der Waals surface area contributed by atoms with Crippen molar-refractivity contribution in [2.45, 2.75) is 37.2 Å². The highest BCUT2D eigenvalue weighted by atomic mass is 32.2. The molecule has 1 saturated heterocycles. The van der Waals surface area contributed by atoms with E-state index in [-0.39, 0.29) is 4.90 Å². The molecule has 0 radical (unpaired) electrons. The number of carbonyl (C=O) groups excluding carboxylic acids is 1. The molecule has 158 valence electrons. The number of hydrogen-bond donors (Lipinski definition) is 0. The zero-order valence-electron chi connectivity index (χ0n) is 16.8. The van der Waals surface area contributed by atoms with E-state index in [9.17, 15) is 13.2 Å². The van der Waals surface area contributed by atoms with Gasteiger partial charge in [-0.2, -0.15) is 9.30 Å². The van der Waals surface area contributed by atoms with Crippen molar-refractivity contribution in [3.05, 3.63) is 53.3 Å². The molecule has 1 aromatic heterocycles. The van der Waals surface area contributed by atoms with Crippen LogP contribution in [0.1, 0.15) is 19.8 Å². The fourth-order valence-electron chi connectivity index (χ4n) is 3.74. The highest BCUT2D eigenvalue weighted by Crippen LogP contribution is 2.28. The Hall–Kier alpha value is -2.49. The van der Waals surface area contributed by atoms with Crippen LogP contribution in [0.5, 0.6) is 5.75 Å². The third-order valence-corrected chi connectivity index (χ3v) is 8.25. The van der Waals surface area contributed by atoms with Gasteiger partial charge in [0.15, 0.2) is 4.80 Å². The van der Waals surface area contributed by atoms with Crippen LogP contribution in [0.4, 0.5) is 0 Å². The van der Waals surface area contributed by atoms with E-state index in [0.29, 0.717) is 36.5 Å². The van der Waals surface area contributed by atoms with Gasteiger partial charge in [0.05, 0.1) is 22.2 Å². The molecule has 1 fully saturated rings. The van der Waals surface area contributed by atoms with Gasteiger partial charge in [-0.3, -0.25) is 4.79 Å². The molecule has 9 heteroatoms. The Morgan fingerprint density at radius 3 is 2.63 bits per heavy atom. The number of aromatic nitrogens is 1. The number of hydrogen-bond acceptors (Lipinski definition) is 5. The van der Waals surface area contributed by atoms with Gasteiger partial charge in [0.2, 0.25) is 10.0 Å². The minimum atomic E-state index is -3.80. The lowest BCUT2D eigenvalue weighted by atomic mass is 10.2. The number of amides is 1. The highest BCUT2D eigenvalue weighted by molar-refractivity contribution is 7.89. The first-order chi connectivity index (χ1) is 14.5. The molecule has 1 aliphatic heterocycles.